The molecule has 3 nitrogen and oxygen atoms in total. The van der Waals surface area contributed by atoms with Gasteiger partial charge in [-0.25, -0.2) is 10.4 Å². The number of nitrogens with one attached hydrogen (secondary N) is 1. The Morgan fingerprint density at radius 1 is 1.35 bits per heavy atom. The fourth-order valence-electron chi connectivity index (χ4n) is 2.47. The molecule has 1 aliphatic carbocycles. The fourth-order valence-corrected chi connectivity index (χ4v) is 3.50. The minimum Gasteiger partial charge on any atom is -0.271 e. The van der Waals surface area contributed by atoms with Crippen molar-refractivity contribution in [3.8, 4) is 0 Å². The number of allylic oxidation sites excluding steroid dienone is 1. The summed E-state index contributed by atoms with van der Waals surface area (Å²) in [6.45, 7) is 4.12. The molecule has 1 aromatic heterocycles. The first-order valence-corrected chi connectivity index (χ1v) is 7.13. The molecule has 0 radical (unpaired) electrons. The highest BCUT2D eigenvalue weighted by atomic mass is 32.1. The molecule has 0 saturated carbocycles. The fraction of sp³-hybridized carbons (Fsp3) is 0.615. The largest absolute Gasteiger partial charge is 0.271 e. The van der Waals surface area contributed by atoms with Gasteiger partial charge in [-0.15, -0.1) is 11.3 Å². The highest BCUT2D eigenvalue weighted by molar-refractivity contribution is 7.11. The van der Waals surface area contributed by atoms with E-state index in [1.165, 1.54) is 36.1 Å². The standard InChI is InChI=1S/C13H21N3S/c1-9-13(17-10(2)15-9)12(16-14)11-7-5-3-4-6-8-11/h7,12,16H,3-6,8,14H2,1-2H3. The van der Waals surface area contributed by atoms with Crippen LogP contribution in [0.15, 0.2) is 11.6 Å². The molecule has 3 N–H and O–H groups in total. The van der Waals surface area contributed by atoms with E-state index in [1.54, 1.807) is 11.3 Å². The van der Waals surface area contributed by atoms with Gasteiger partial charge in [0, 0.05) is 0 Å². The molecular weight excluding hydrogens is 230 g/mol. The van der Waals surface area contributed by atoms with E-state index < -0.39 is 0 Å². The van der Waals surface area contributed by atoms with Crippen LogP contribution >= 0.6 is 11.3 Å². The van der Waals surface area contributed by atoms with Gasteiger partial charge in [0.1, 0.15) is 0 Å². The number of nitrogens with two attached hydrogens (primary N) is 1. The second-order valence-corrected chi connectivity index (χ2v) is 5.90. The smallest absolute Gasteiger partial charge is 0.0900 e. The lowest BCUT2D eigenvalue weighted by Gasteiger charge is -2.18. The summed E-state index contributed by atoms with van der Waals surface area (Å²) in [7, 11) is 0. The molecule has 94 valence electrons. The van der Waals surface area contributed by atoms with E-state index in [4.69, 9.17) is 5.84 Å². The molecule has 0 spiro atoms. The number of nitrogens with zero attached hydrogens (tertiary/aromatic N) is 1. The third kappa shape index (κ3) is 2.94. The topological polar surface area (TPSA) is 50.9 Å². The van der Waals surface area contributed by atoms with Crippen molar-refractivity contribution >= 4 is 11.3 Å². The van der Waals surface area contributed by atoms with Crippen LogP contribution in [0.3, 0.4) is 0 Å². The monoisotopic (exact) mass is 251 g/mol. The van der Waals surface area contributed by atoms with Gasteiger partial charge in [-0.05, 0) is 39.5 Å². The van der Waals surface area contributed by atoms with Crippen molar-refractivity contribution in [2.24, 2.45) is 5.84 Å². The molecule has 1 heterocycles. The minimum absolute atomic E-state index is 0.166. The van der Waals surface area contributed by atoms with Crippen LogP contribution in [0.25, 0.3) is 0 Å². The first-order valence-electron chi connectivity index (χ1n) is 6.31. The van der Waals surface area contributed by atoms with Crippen LogP contribution in [-0.4, -0.2) is 4.98 Å². The number of rotatable bonds is 3. The first-order chi connectivity index (χ1) is 8.22. The van der Waals surface area contributed by atoms with Crippen molar-refractivity contribution in [1.82, 2.24) is 10.4 Å². The Bertz CT molecular complexity index is 409. The van der Waals surface area contributed by atoms with Crippen LogP contribution in [0.1, 0.15) is 53.7 Å². The summed E-state index contributed by atoms with van der Waals surface area (Å²) in [5, 5.41) is 1.12. The zero-order chi connectivity index (χ0) is 12.3. The number of aryl methyl sites for hydroxylation is 2. The van der Waals surface area contributed by atoms with Gasteiger partial charge in [0.05, 0.1) is 21.6 Å². The van der Waals surface area contributed by atoms with E-state index in [0.29, 0.717) is 0 Å². The second-order valence-electron chi connectivity index (χ2n) is 4.66. The minimum atomic E-state index is 0.166. The lowest BCUT2D eigenvalue weighted by atomic mass is 10.0. The predicted molar refractivity (Wildman–Crippen MR) is 72.8 cm³/mol. The van der Waals surface area contributed by atoms with Crippen molar-refractivity contribution < 1.29 is 0 Å². The summed E-state index contributed by atoms with van der Waals surface area (Å²) >= 11 is 1.75. The van der Waals surface area contributed by atoms with Crippen LogP contribution < -0.4 is 11.3 Å². The summed E-state index contributed by atoms with van der Waals surface area (Å²) < 4.78 is 0. The highest BCUT2D eigenvalue weighted by Crippen LogP contribution is 2.33. The van der Waals surface area contributed by atoms with E-state index in [9.17, 15) is 0 Å². The molecule has 0 fully saturated rings. The Balaban J connectivity index is 2.26. The molecule has 1 unspecified atom stereocenters. The van der Waals surface area contributed by atoms with E-state index in [0.717, 1.165) is 17.1 Å². The Morgan fingerprint density at radius 2 is 2.18 bits per heavy atom. The normalized spacial score (nSPS) is 18.6. The zero-order valence-corrected chi connectivity index (χ0v) is 11.4. The van der Waals surface area contributed by atoms with Crippen molar-refractivity contribution in [1.29, 1.82) is 0 Å². The van der Waals surface area contributed by atoms with Crippen LogP contribution in [-0.2, 0) is 0 Å². The third-order valence-corrected chi connectivity index (χ3v) is 4.45. The van der Waals surface area contributed by atoms with Crippen molar-refractivity contribution in [2.45, 2.75) is 52.0 Å². The van der Waals surface area contributed by atoms with Gasteiger partial charge in [-0.3, -0.25) is 5.84 Å². The maximum absolute atomic E-state index is 5.75. The van der Waals surface area contributed by atoms with Gasteiger partial charge >= 0.3 is 0 Å². The molecule has 1 aromatic rings. The van der Waals surface area contributed by atoms with Crippen molar-refractivity contribution in [3.63, 3.8) is 0 Å². The maximum atomic E-state index is 5.75. The molecule has 4 heteroatoms. The van der Waals surface area contributed by atoms with Gasteiger partial charge < -0.3 is 0 Å². The van der Waals surface area contributed by atoms with Crippen LogP contribution in [0.2, 0.25) is 0 Å². The summed E-state index contributed by atoms with van der Waals surface area (Å²) in [5.74, 6) is 5.75. The number of aromatic nitrogens is 1. The Kier molecular flexibility index (Phi) is 4.31. The molecule has 17 heavy (non-hydrogen) atoms. The van der Waals surface area contributed by atoms with Gasteiger partial charge in [0.2, 0.25) is 0 Å². The number of thiazole rings is 1. The molecule has 1 aliphatic rings. The Morgan fingerprint density at radius 3 is 2.82 bits per heavy atom. The number of hydrogen-bond donors (Lipinski definition) is 2. The molecule has 0 aliphatic heterocycles. The summed E-state index contributed by atoms with van der Waals surface area (Å²) in [6, 6.07) is 0.166. The van der Waals surface area contributed by atoms with Crippen molar-refractivity contribution in [2.75, 3.05) is 0 Å². The van der Waals surface area contributed by atoms with Gasteiger partial charge in [-0.2, -0.15) is 0 Å². The zero-order valence-electron chi connectivity index (χ0n) is 10.6. The molecule has 0 aromatic carbocycles. The maximum Gasteiger partial charge on any atom is 0.0900 e. The van der Waals surface area contributed by atoms with Crippen LogP contribution in [0.4, 0.5) is 0 Å². The van der Waals surface area contributed by atoms with Gasteiger partial charge in [-0.1, -0.05) is 18.1 Å². The summed E-state index contributed by atoms with van der Waals surface area (Å²) in [4.78, 5) is 5.77. The molecule has 0 saturated heterocycles. The SMILES string of the molecule is Cc1nc(C)c(C(NN)C2=CCCCCC2)s1. The van der Waals surface area contributed by atoms with Gasteiger partial charge in [0.25, 0.3) is 0 Å². The first kappa shape index (κ1) is 12.7. The van der Waals surface area contributed by atoms with Crippen LogP contribution in [0.5, 0.6) is 0 Å². The highest BCUT2D eigenvalue weighted by Gasteiger charge is 2.20. The molecular formula is C13H21N3S. The van der Waals surface area contributed by atoms with E-state index in [-0.39, 0.29) is 6.04 Å². The Hall–Kier alpha value is -0.710. The third-order valence-electron chi connectivity index (χ3n) is 3.32. The van der Waals surface area contributed by atoms with Gasteiger partial charge in [0.15, 0.2) is 0 Å². The van der Waals surface area contributed by atoms with E-state index in [2.05, 4.69) is 30.3 Å². The number of hydrazine groups is 1. The average Bonchev–Trinajstić information content (AvgIpc) is 2.55. The molecule has 1 atom stereocenters. The van der Waals surface area contributed by atoms with Crippen LogP contribution in [0, 0.1) is 13.8 Å². The lowest BCUT2D eigenvalue weighted by molar-refractivity contribution is 0.597. The predicted octanol–water partition coefficient (Wildman–Crippen LogP) is 3.15. The summed E-state index contributed by atoms with van der Waals surface area (Å²) in [5.41, 5.74) is 5.53. The quantitative estimate of drug-likeness (QED) is 0.493. The van der Waals surface area contributed by atoms with E-state index in [1.807, 2.05) is 0 Å². The summed E-state index contributed by atoms with van der Waals surface area (Å²) in [6.07, 6.45) is 8.63. The number of hydrogen-bond acceptors (Lipinski definition) is 4. The Labute approximate surface area is 107 Å². The van der Waals surface area contributed by atoms with E-state index >= 15 is 0 Å². The molecule has 0 amide bonds. The molecule has 0 bridgehead atoms. The average molecular weight is 251 g/mol. The molecule has 2 rings (SSSR count). The lowest BCUT2D eigenvalue weighted by Crippen LogP contribution is -2.29. The second kappa shape index (κ2) is 5.76. The van der Waals surface area contributed by atoms with Crippen molar-refractivity contribution in [3.05, 3.63) is 27.2 Å².